The highest BCUT2D eigenvalue weighted by Crippen LogP contribution is 2.50. The zero-order chi connectivity index (χ0) is 16.9. The van der Waals surface area contributed by atoms with Gasteiger partial charge in [-0.3, -0.25) is 4.79 Å². The number of carbonyl (C=O) groups excluding carboxylic acids is 1. The summed E-state index contributed by atoms with van der Waals surface area (Å²) in [7, 11) is 1.64. The fourth-order valence-corrected chi connectivity index (χ4v) is 4.89. The molecule has 1 heterocycles. The zero-order valence-corrected chi connectivity index (χ0v) is 15.2. The molecule has 0 unspecified atom stereocenters. The molecule has 0 saturated heterocycles. The molecule has 0 saturated carbocycles. The first kappa shape index (κ1) is 16.9. The van der Waals surface area contributed by atoms with Crippen LogP contribution in [0.1, 0.15) is 18.1 Å². The van der Waals surface area contributed by atoms with E-state index in [0.717, 1.165) is 37.3 Å². The first-order valence-electron chi connectivity index (χ1n) is 7.74. The second-order valence-electron chi connectivity index (χ2n) is 5.15. The van der Waals surface area contributed by atoms with Crippen molar-refractivity contribution in [2.24, 2.45) is 0 Å². The van der Waals surface area contributed by atoms with Gasteiger partial charge in [0.2, 0.25) is 5.78 Å². The molecule has 122 valence electrons. The topological polar surface area (TPSA) is 26.3 Å². The van der Waals surface area contributed by atoms with Crippen molar-refractivity contribution in [2.75, 3.05) is 12.9 Å². The van der Waals surface area contributed by atoms with E-state index in [4.69, 9.17) is 4.74 Å². The van der Waals surface area contributed by atoms with Gasteiger partial charge in [0.1, 0.15) is 5.75 Å². The van der Waals surface area contributed by atoms with Crippen LogP contribution in [0.4, 0.5) is 0 Å². The van der Waals surface area contributed by atoms with Gasteiger partial charge < -0.3 is 4.74 Å². The van der Waals surface area contributed by atoms with Crippen LogP contribution < -0.4 is 4.74 Å². The highest BCUT2D eigenvalue weighted by atomic mass is 32.2. The Kier molecular flexibility index (Phi) is 5.48. The number of Topliss-reactive ketones (excluding diaryl/α,β-unsaturated/α-hetero) is 1. The van der Waals surface area contributed by atoms with Crippen LogP contribution in [0.5, 0.6) is 5.75 Å². The SMILES string of the molecule is CCSC1=C(c2ccccc2OC)C(=O)/C(=C/c2ccccc2)S1. The van der Waals surface area contributed by atoms with Crippen LogP contribution >= 0.6 is 23.5 Å². The van der Waals surface area contributed by atoms with Crippen molar-refractivity contribution in [1.29, 1.82) is 0 Å². The molecule has 0 bridgehead atoms. The van der Waals surface area contributed by atoms with Crippen LogP contribution in [0.3, 0.4) is 0 Å². The normalized spacial score (nSPS) is 16.1. The van der Waals surface area contributed by atoms with Crippen molar-refractivity contribution >= 4 is 41.0 Å². The van der Waals surface area contributed by atoms with Gasteiger partial charge in [0.25, 0.3) is 0 Å². The molecule has 2 nitrogen and oxygen atoms in total. The predicted molar refractivity (Wildman–Crippen MR) is 105 cm³/mol. The van der Waals surface area contributed by atoms with Crippen LogP contribution in [0, 0.1) is 0 Å². The molecule has 24 heavy (non-hydrogen) atoms. The summed E-state index contributed by atoms with van der Waals surface area (Å²) < 4.78 is 6.51. The van der Waals surface area contributed by atoms with E-state index in [-0.39, 0.29) is 5.78 Å². The molecule has 0 atom stereocenters. The van der Waals surface area contributed by atoms with Crippen LogP contribution in [0.2, 0.25) is 0 Å². The number of hydrogen-bond acceptors (Lipinski definition) is 4. The predicted octanol–water partition coefficient (Wildman–Crippen LogP) is 5.47. The number of rotatable bonds is 5. The van der Waals surface area contributed by atoms with Crippen LogP contribution in [-0.2, 0) is 4.79 Å². The lowest BCUT2D eigenvalue weighted by molar-refractivity contribution is -0.109. The highest BCUT2D eigenvalue weighted by Gasteiger charge is 2.31. The van der Waals surface area contributed by atoms with Crippen molar-refractivity contribution in [3.8, 4) is 5.75 Å². The Morgan fingerprint density at radius 3 is 2.50 bits per heavy atom. The van der Waals surface area contributed by atoms with Crippen molar-refractivity contribution in [1.82, 2.24) is 0 Å². The minimum atomic E-state index is 0.0734. The molecular formula is C20H18O2S2. The van der Waals surface area contributed by atoms with Gasteiger partial charge in [-0.1, -0.05) is 67.2 Å². The van der Waals surface area contributed by atoms with Gasteiger partial charge in [0.15, 0.2) is 0 Å². The third-order valence-electron chi connectivity index (χ3n) is 3.61. The Morgan fingerprint density at radius 1 is 1.08 bits per heavy atom. The van der Waals surface area contributed by atoms with E-state index in [1.807, 2.05) is 60.7 Å². The van der Waals surface area contributed by atoms with Gasteiger partial charge in [-0.25, -0.2) is 0 Å². The zero-order valence-electron chi connectivity index (χ0n) is 13.6. The van der Waals surface area contributed by atoms with Crippen LogP contribution in [0.25, 0.3) is 11.6 Å². The van der Waals surface area contributed by atoms with Gasteiger partial charge >= 0.3 is 0 Å². The largest absolute Gasteiger partial charge is 0.496 e. The molecule has 1 aliphatic heterocycles. The molecule has 0 spiro atoms. The first-order valence-corrected chi connectivity index (χ1v) is 9.54. The average Bonchev–Trinajstić information content (AvgIpc) is 2.91. The van der Waals surface area contributed by atoms with Gasteiger partial charge in [0.05, 0.1) is 21.8 Å². The Morgan fingerprint density at radius 2 is 1.79 bits per heavy atom. The van der Waals surface area contributed by atoms with E-state index in [9.17, 15) is 4.79 Å². The number of benzene rings is 2. The smallest absolute Gasteiger partial charge is 0.202 e. The van der Waals surface area contributed by atoms with Crippen molar-refractivity contribution in [2.45, 2.75) is 6.92 Å². The standard InChI is InChI=1S/C20H18O2S2/c1-3-23-20-18(15-11-7-8-12-16(15)22-2)19(21)17(24-20)13-14-9-5-4-6-10-14/h4-13H,3H2,1-2H3/b17-13-. The number of thioether (sulfide) groups is 2. The number of carbonyl (C=O) groups is 1. The van der Waals surface area contributed by atoms with Gasteiger partial charge in [-0.2, -0.15) is 0 Å². The van der Waals surface area contributed by atoms with Crippen molar-refractivity contribution < 1.29 is 9.53 Å². The first-order chi connectivity index (χ1) is 11.7. The fourth-order valence-electron chi connectivity index (χ4n) is 2.52. The van der Waals surface area contributed by atoms with E-state index in [1.54, 1.807) is 30.6 Å². The Labute approximate surface area is 151 Å². The number of ketones is 1. The summed E-state index contributed by atoms with van der Waals surface area (Å²) in [5, 5.41) is 0. The Hall–Kier alpha value is -1.91. The summed E-state index contributed by atoms with van der Waals surface area (Å²) in [6, 6.07) is 17.7. The molecule has 3 rings (SSSR count). The lowest BCUT2D eigenvalue weighted by Crippen LogP contribution is -2.00. The lowest BCUT2D eigenvalue weighted by atomic mass is 10.0. The van der Waals surface area contributed by atoms with Crippen LogP contribution in [0.15, 0.2) is 63.7 Å². The number of methoxy groups -OCH3 is 1. The molecule has 4 heteroatoms. The fraction of sp³-hybridized carbons (Fsp3) is 0.150. The van der Waals surface area contributed by atoms with E-state index in [1.165, 1.54) is 0 Å². The summed E-state index contributed by atoms with van der Waals surface area (Å²) in [6.45, 7) is 2.10. The van der Waals surface area contributed by atoms with Crippen molar-refractivity contribution in [3.05, 3.63) is 74.9 Å². The summed E-state index contributed by atoms with van der Waals surface area (Å²) in [6.07, 6.45) is 1.96. The summed E-state index contributed by atoms with van der Waals surface area (Å²) >= 11 is 3.26. The molecule has 1 aliphatic rings. The second-order valence-corrected chi connectivity index (χ2v) is 7.73. The van der Waals surface area contributed by atoms with Crippen molar-refractivity contribution in [3.63, 3.8) is 0 Å². The molecule has 0 aliphatic carbocycles. The molecule has 0 aromatic heterocycles. The van der Waals surface area contributed by atoms with Gasteiger partial charge in [-0.05, 0) is 23.5 Å². The number of hydrogen-bond donors (Lipinski definition) is 0. The van der Waals surface area contributed by atoms with E-state index < -0.39 is 0 Å². The lowest BCUT2D eigenvalue weighted by Gasteiger charge is -2.09. The minimum Gasteiger partial charge on any atom is -0.496 e. The average molecular weight is 354 g/mol. The highest BCUT2D eigenvalue weighted by molar-refractivity contribution is 8.25. The third kappa shape index (κ3) is 3.45. The maximum Gasteiger partial charge on any atom is 0.202 e. The quantitative estimate of drug-likeness (QED) is 0.665. The summed E-state index contributed by atoms with van der Waals surface area (Å²) in [5.74, 6) is 1.73. The molecule has 0 radical (unpaired) electrons. The van der Waals surface area contributed by atoms with Gasteiger partial charge in [-0.15, -0.1) is 11.8 Å². The van der Waals surface area contributed by atoms with Crippen LogP contribution in [-0.4, -0.2) is 18.6 Å². The molecule has 2 aromatic carbocycles. The monoisotopic (exact) mass is 354 g/mol. The van der Waals surface area contributed by atoms with E-state index >= 15 is 0 Å². The summed E-state index contributed by atoms with van der Waals surface area (Å²) in [5.41, 5.74) is 2.66. The van der Waals surface area contributed by atoms with E-state index in [0.29, 0.717) is 0 Å². The summed E-state index contributed by atoms with van der Waals surface area (Å²) in [4.78, 5) is 13.8. The molecular weight excluding hydrogens is 336 g/mol. The molecule has 0 amide bonds. The Bertz CT molecular complexity index is 807. The molecule has 2 aromatic rings. The number of para-hydroxylation sites is 1. The maximum atomic E-state index is 13.0. The second kappa shape index (κ2) is 7.77. The molecule has 0 fully saturated rings. The number of ether oxygens (including phenoxy) is 1. The third-order valence-corrected chi connectivity index (χ3v) is 5.88. The van der Waals surface area contributed by atoms with E-state index in [2.05, 4.69) is 6.92 Å². The van der Waals surface area contributed by atoms with Gasteiger partial charge in [0, 0.05) is 5.56 Å². The minimum absolute atomic E-state index is 0.0734. The maximum absolute atomic E-state index is 13.0. The number of allylic oxidation sites excluding steroid dienone is 2. The molecule has 0 N–H and O–H groups in total. The Balaban J connectivity index is 2.04.